The lowest BCUT2D eigenvalue weighted by Gasteiger charge is -2.19. The van der Waals surface area contributed by atoms with Crippen molar-refractivity contribution in [2.24, 2.45) is 0 Å². The first-order chi connectivity index (χ1) is 10.9. The number of carbonyl (C=O) groups excluding carboxylic acids is 1. The number of sulfone groups is 1. The summed E-state index contributed by atoms with van der Waals surface area (Å²) in [7, 11) is -3.67. The largest absolute Gasteiger partial charge is 0.507 e. The number of aryl methyl sites for hydroxylation is 1. The predicted octanol–water partition coefficient (Wildman–Crippen LogP) is 2.09. The lowest BCUT2D eigenvalue weighted by molar-refractivity contribution is -0.112. The number of hydrogen-bond acceptors (Lipinski definition) is 5. The van der Waals surface area contributed by atoms with Crippen LogP contribution in [-0.2, 0) is 14.6 Å². The van der Waals surface area contributed by atoms with Crippen molar-refractivity contribution in [1.82, 2.24) is 4.98 Å². The van der Waals surface area contributed by atoms with Gasteiger partial charge in [0.25, 0.3) is 5.91 Å². The Morgan fingerprint density at radius 1 is 1.26 bits per heavy atom. The Labute approximate surface area is 133 Å². The second-order valence-electron chi connectivity index (χ2n) is 5.25. The van der Waals surface area contributed by atoms with Crippen LogP contribution in [0.4, 0.5) is 5.82 Å². The normalized spacial score (nSPS) is 15.9. The van der Waals surface area contributed by atoms with Crippen molar-refractivity contribution < 1.29 is 18.3 Å². The number of fused-ring (bicyclic) bond motifs is 1. The van der Waals surface area contributed by atoms with Crippen molar-refractivity contribution in [2.75, 3.05) is 11.1 Å². The van der Waals surface area contributed by atoms with Crippen molar-refractivity contribution in [3.8, 4) is 0 Å². The number of anilines is 1. The summed E-state index contributed by atoms with van der Waals surface area (Å²) in [5.41, 5.74) is 0.850. The van der Waals surface area contributed by atoms with Crippen molar-refractivity contribution in [1.29, 1.82) is 0 Å². The Morgan fingerprint density at radius 3 is 2.74 bits per heavy atom. The SMILES string of the molecule is Cc1ccnc(NC(=O)C2=C(O)c3ccccc3S(=O)(=O)C2)c1. The van der Waals surface area contributed by atoms with E-state index in [9.17, 15) is 18.3 Å². The third-order valence-electron chi connectivity index (χ3n) is 3.53. The molecule has 0 saturated heterocycles. The van der Waals surface area contributed by atoms with Gasteiger partial charge in [0.1, 0.15) is 11.6 Å². The Balaban J connectivity index is 2.01. The summed E-state index contributed by atoms with van der Waals surface area (Å²) in [6.07, 6.45) is 1.53. The van der Waals surface area contributed by atoms with Gasteiger partial charge < -0.3 is 10.4 Å². The van der Waals surface area contributed by atoms with Crippen LogP contribution in [0.15, 0.2) is 53.1 Å². The van der Waals surface area contributed by atoms with Gasteiger partial charge in [-0.1, -0.05) is 12.1 Å². The summed E-state index contributed by atoms with van der Waals surface area (Å²) in [5, 5.41) is 12.8. The zero-order chi connectivity index (χ0) is 16.6. The van der Waals surface area contributed by atoms with E-state index in [4.69, 9.17) is 0 Å². The van der Waals surface area contributed by atoms with E-state index in [0.29, 0.717) is 5.82 Å². The number of nitrogens with zero attached hydrogens (tertiary/aromatic N) is 1. The predicted molar refractivity (Wildman–Crippen MR) is 85.6 cm³/mol. The Kier molecular flexibility index (Phi) is 3.65. The maximum atomic E-state index is 12.4. The Morgan fingerprint density at radius 2 is 2.00 bits per heavy atom. The molecule has 23 heavy (non-hydrogen) atoms. The zero-order valence-corrected chi connectivity index (χ0v) is 13.1. The molecule has 7 heteroatoms. The van der Waals surface area contributed by atoms with Crippen LogP contribution < -0.4 is 5.32 Å². The average Bonchev–Trinajstić information content (AvgIpc) is 2.51. The lowest BCUT2D eigenvalue weighted by Crippen LogP contribution is -2.26. The van der Waals surface area contributed by atoms with Crippen LogP contribution in [0, 0.1) is 6.92 Å². The molecular formula is C16H14N2O4S. The van der Waals surface area contributed by atoms with Crippen LogP contribution in [0.25, 0.3) is 5.76 Å². The fraction of sp³-hybridized carbons (Fsp3) is 0.125. The highest BCUT2D eigenvalue weighted by molar-refractivity contribution is 7.91. The number of aromatic nitrogens is 1. The maximum Gasteiger partial charge on any atom is 0.257 e. The molecule has 0 spiro atoms. The van der Waals surface area contributed by atoms with Crippen LogP contribution >= 0.6 is 0 Å². The molecule has 0 unspecified atom stereocenters. The minimum atomic E-state index is -3.67. The van der Waals surface area contributed by atoms with Crippen LogP contribution in [0.2, 0.25) is 0 Å². The van der Waals surface area contributed by atoms with Crippen molar-refractivity contribution >= 4 is 27.3 Å². The highest BCUT2D eigenvalue weighted by atomic mass is 32.2. The molecule has 3 rings (SSSR count). The Hall–Kier alpha value is -2.67. The van der Waals surface area contributed by atoms with Gasteiger partial charge in [0.05, 0.1) is 16.2 Å². The molecule has 2 heterocycles. The molecule has 0 fully saturated rings. The first kappa shape index (κ1) is 15.2. The minimum Gasteiger partial charge on any atom is -0.507 e. The van der Waals surface area contributed by atoms with Gasteiger partial charge in [0.2, 0.25) is 0 Å². The maximum absolute atomic E-state index is 12.4. The molecule has 1 aromatic carbocycles. The van der Waals surface area contributed by atoms with Crippen LogP contribution in [0.1, 0.15) is 11.1 Å². The highest BCUT2D eigenvalue weighted by Crippen LogP contribution is 2.32. The molecule has 0 aliphatic carbocycles. The van der Waals surface area contributed by atoms with Gasteiger partial charge in [-0.25, -0.2) is 13.4 Å². The zero-order valence-electron chi connectivity index (χ0n) is 12.3. The van der Waals surface area contributed by atoms with Gasteiger partial charge in [0.15, 0.2) is 9.84 Å². The fourth-order valence-electron chi connectivity index (χ4n) is 2.40. The number of amides is 1. The van der Waals surface area contributed by atoms with Gasteiger partial charge in [-0.2, -0.15) is 0 Å². The summed E-state index contributed by atoms with van der Waals surface area (Å²) in [6, 6.07) is 9.49. The first-order valence-electron chi connectivity index (χ1n) is 6.87. The number of aliphatic hydroxyl groups is 1. The molecule has 0 radical (unpaired) electrons. The second-order valence-corrected chi connectivity index (χ2v) is 7.21. The van der Waals surface area contributed by atoms with Crippen molar-refractivity contribution in [3.05, 3.63) is 59.3 Å². The second kappa shape index (κ2) is 5.51. The van der Waals surface area contributed by atoms with Crippen molar-refractivity contribution in [2.45, 2.75) is 11.8 Å². The van der Waals surface area contributed by atoms with E-state index in [-0.39, 0.29) is 21.8 Å². The molecule has 0 saturated carbocycles. The topological polar surface area (TPSA) is 96.4 Å². The number of pyridine rings is 1. The highest BCUT2D eigenvalue weighted by Gasteiger charge is 2.33. The standard InChI is InChI=1S/C16H14N2O4S/c1-10-6-7-17-14(8-10)18-16(20)12-9-23(21,22)13-5-3-2-4-11(13)15(12)19/h2-8,19H,9H2,1H3,(H,17,18,20). The lowest BCUT2D eigenvalue weighted by atomic mass is 10.1. The van der Waals surface area contributed by atoms with Gasteiger partial charge in [0, 0.05) is 11.8 Å². The fourth-order valence-corrected chi connectivity index (χ4v) is 3.99. The number of aliphatic hydroxyl groups excluding tert-OH is 1. The molecule has 1 amide bonds. The molecule has 2 N–H and O–H groups in total. The molecule has 118 valence electrons. The van der Waals surface area contributed by atoms with E-state index in [1.165, 1.54) is 18.3 Å². The molecule has 1 aliphatic rings. The summed E-state index contributed by atoms with van der Waals surface area (Å²) < 4.78 is 24.6. The average molecular weight is 330 g/mol. The van der Waals surface area contributed by atoms with Crippen molar-refractivity contribution in [3.63, 3.8) is 0 Å². The van der Waals surface area contributed by atoms with Gasteiger partial charge in [-0.05, 0) is 36.8 Å². The van der Waals surface area contributed by atoms with E-state index >= 15 is 0 Å². The molecule has 0 atom stereocenters. The van der Waals surface area contributed by atoms with E-state index in [1.54, 1.807) is 24.3 Å². The third-order valence-corrected chi connectivity index (χ3v) is 5.22. The number of carbonyl (C=O) groups is 1. The number of benzene rings is 1. The summed E-state index contributed by atoms with van der Waals surface area (Å²) in [6.45, 7) is 1.84. The molecule has 6 nitrogen and oxygen atoms in total. The summed E-state index contributed by atoms with van der Waals surface area (Å²) >= 11 is 0. The molecule has 2 aromatic rings. The minimum absolute atomic E-state index is 0.0303. The van der Waals surface area contributed by atoms with E-state index in [0.717, 1.165) is 5.56 Å². The van der Waals surface area contributed by atoms with Gasteiger partial charge >= 0.3 is 0 Å². The Bertz CT molecular complexity index is 933. The molecule has 1 aliphatic heterocycles. The van der Waals surface area contributed by atoms with E-state index < -0.39 is 21.5 Å². The van der Waals surface area contributed by atoms with Gasteiger partial charge in [-0.3, -0.25) is 4.79 Å². The summed E-state index contributed by atoms with van der Waals surface area (Å²) in [4.78, 5) is 16.4. The number of nitrogens with one attached hydrogen (secondary N) is 1. The van der Waals surface area contributed by atoms with Crippen LogP contribution in [0.3, 0.4) is 0 Å². The third kappa shape index (κ3) is 2.83. The van der Waals surface area contributed by atoms with Crippen LogP contribution in [0.5, 0.6) is 0 Å². The first-order valence-corrected chi connectivity index (χ1v) is 8.52. The molecular weight excluding hydrogens is 316 g/mol. The quantitative estimate of drug-likeness (QED) is 0.879. The van der Waals surface area contributed by atoms with E-state index in [2.05, 4.69) is 10.3 Å². The van der Waals surface area contributed by atoms with E-state index in [1.807, 2.05) is 6.92 Å². The number of hydrogen-bond donors (Lipinski definition) is 2. The smallest absolute Gasteiger partial charge is 0.257 e. The monoisotopic (exact) mass is 330 g/mol. The van der Waals surface area contributed by atoms with Gasteiger partial charge in [-0.15, -0.1) is 0 Å². The summed E-state index contributed by atoms with van der Waals surface area (Å²) in [5.74, 6) is -1.25. The number of rotatable bonds is 2. The van der Waals surface area contributed by atoms with Crippen LogP contribution in [-0.4, -0.2) is 30.2 Å². The molecule has 1 aromatic heterocycles. The molecule has 0 bridgehead atoms.